The normalized spacial score (nSPS) is 17.0. The zero-order chi connectivity index (χ0) is 15.5. The minimum absolute atomic E-state index is 0.0631. The first-order valence-electron chi connectivity index (χ1n) is 6.82. The van der Waals surface area contributed by atoms with Gasteiger partial charge in [0.2, 0.25) is 10.0 Å². The molecular weight excluding hydrogens is 358 g/mol. The molecule has 1 saturated heterocycles. The summed E-state index contributed by atoms with van der Waals surface area (Å²) in [5.41, 5.74) is 0.547. The molecule has 116 valence electrons. The molecular formula is C13H18BrN3O3S. The molecule has 1 fully saturated rings. The monoisotopic (exact) mass is 375 g/mol. The van der Waals surface area contributed by atoms with E-state index in [1.165, 1.54) is 6.20 Å². The van der Waals surface area contributed by atoms with Crippen molar-refractivity contribution in [3.05, 3.63) is 28.5 Å². The van der Waals surface area contributed by atoms with Crippen molar-refractivity contribution < 1.29 is 13.2 Å². The second-order valence-corrected chi connectivity index (χ2v) is 7.81. The summed E-state index contributed by atoms with van der Waals surface area (Å²) in [7, 11) is -3.18. The number of piperidine rings is 1. The largest absolute Gasteiger partial charge is 0.338 e. The number of pyridine rings is 1. The smallest absolute Gasteiger partial charge is 0.255 e. The third kappa shape index (κ3) is 4.49. The number of aromatic nitrogens is 1. The Labute approximate surface area is 133 Å². The zero-order valence-electron chi connectivity index (χ0n) is 11.8. The molecule has 2 heterocycles. The van der Waals surface area contributed by atoms with Crippen LogP contribution in [-0.4, -0.2) is 49.1 Å². The van der Waals surface area contributed by atoms with Gasteiger partial charge in [-0.2, -0.15) is 0 Å². The molecule has 1 N–H and O–H groups in total. The standard InChI is InChI=1S/C13H18BrN3O3S/c1-2-21(19,20)16-11-5-7-17(8-6-11)13(18)10-3-4-12(14)15-9-10/h3-4,9,11,16H,2,5-8H2,1H3. The van der Waals surface area contributed by atoms with E-state index in [1.807, 2.05) is 0 Å². The van der Waals surface area contributed by atoms with Crippen molar-refractivity contribution in [2.75, 3.05) is 18.8 Å². The maximum absolute atomic E-state index is 12.3. The van der Waals surface area contributed by atoms with Crippen LogP contribution in [0.3, 0.4) is 0 Å². The summed E-state index contributed by atoms with van der Waals surface area (Å²) in [4.78, 5) is 18.1. The van der Waals surface area contributed by atoms with Gasteiger partial charge in [-0.1, -0.05) is 0 Å². The van der Waals surface area contributed by atoms with E-state index in [4.69, 9.17) is 0 Å². The average Bonchev–Trinajstić information content (AvgIpc) is 2.48. The highest BCUT2D eigenvalue weighted by molar-refractivity contribution is 9.10. The summed E-state index contributed by atoms with van der Waals surface area (Å²) < 4.78 is 26.4. The Morgan fingerprint density at radius 3 is 2.62 bits per heavy atom. The van der Waals surface area contributed by atoms with Crippen LogP contribution in [0.1, 0.15) is 30.1 Å². The molecule has 0 radical (unpaired) electrons. The van der Waals surface area contributed by atoms with Crippen molar-refractivity contribution in [2.45, 2.75) is 25.8 Å². The van der Waals surface area contributed by atoms with E-state index in [1.54, 1.807) is 24.0 Å². The van der Waals surface area contributed by atoms with E-state index in [-0.39, 0.29) is 17.7 Å². The fourth-order valence-electron chi connectivity index (χ4n) is 2.22. The third-order valence-electron chi connectivity index (χ3n) is 3.48. The van der Waals surface area contributed by atoms with Gasteiger partial charge in [0, 0.05) is 25.3 Å². The summed E-state index contributed by atoms with van der Waals surface area (Å²) in [5.74, 6) is 0.0169. The van der Waals surface area contributed by atoms with Crippen molar-refractivity contribution >= 4 is 31.9 Å². The molecule has 1 aliphatic rings. The first-order valence-corrected chi connectivity index (χ1v) is 9.26. The van der Waals surface area contributed by atoms with Gasteiger partial charge in [0.25, 0.3) is 5.91 Å². The Kier molecular flexibility index (Phi) is 5.34. The fourth-order valence-corrected chi connectivity index (χ4v) is 3.37. The van der Waals surface area contributed by atoms with Crippen LogP contribution in [0.2, 0.25) is 0 Å². The summed E-state index contributed by atoms with van der Waals surface area (Å²) in [6.45, 7) is 2.71. The maximum Gasteiger partial charge on any atom is 0.255 e. The van der Waals surface area contributed by atoms with Gasteiger partial charge in [0.1, 0.15) is 4.60 Å². The van der Waals surface area contributed by atoms with Crippen molar-refractivity contribution in [1.29, 1.82) is 0 Å². The third-order valence-corrected chi connectivity index (χ3v) is 5.40. The molecule has 0 atom stereocenters. The van der Waals surface area contributed by atoms with Crippen LogP contribution in [0, 0.1) is 0 Å². The fraction of sp³-hybridized carbons (Fsp3) is 0.538. The number of carbonyl (C=O) groups is 1. The molecule has 2 rings (SSSR count). The van der Waals surface area contributed by atoms with E-state index in [0.29, 0.717) is 36.1 Å². The maximum atomic E-state index is 12.3. The number of rotatable bonds is 4. The predicted molar refractivity (Wildman–Crippen MR) is 83.5 cm³/mol. The number of hydrogen-bond acceptors (Lipinski definition) is 4. The van der Waals surface area contributed by atoms with Crippen LogP contribution in [0.4, 0.5) is 0 Å². The summed E-state index contributed by atoms with van der Waals surface area (Å²) in [6.07, 6.45) is 2.81. The van der Waals surface area contributed by atoms with Gasteiger partial charge in [0.05, 0.1) is 11.3 Å². The lowest BCUT2D eigenvalue weighted by atomic mass is 10.1. The number of amides is 1. The number of hydrogen-bond donors (Lipinski definition) is 1. The van der Waals surface area contributed by atoms with Gasteiger partial charge in [-0.25, -0.2) is 18.1 Å². The van der Waals surface area contributed by atoms with Gasteiger partial charge in [-0.3, -0.25) is 4.79 Å². The molecule has 21 heavy (non-hydrogen) atoms. The Bertz CT molecular complexity index is 596. The van der Waals surface area contributed by atoms with Crippen molar-refractivity contribution in [3.8, 4) is 0 Å². The van der Waals surface area contributed by atoms with E-state index >= 15 is 0 Å². The van der Waals surface area contributed by atoms with Crippen LogP contribution < -0.4 is 4.72 Å². The van der Waals surface area contributed by atoms with Crippen LogP contribution in [-0.2, 0) is 10.0 Å². The molecule has 0 bridgehead atoms. The van der Waals surface area contributed by atoms with Crippen LogP contribution in [0.25, 0.3) is 0 Å². The summed E-state index contributed by atoms with van der Waals surface area (Å²) in [6, 6.07) is 3.38. The molecule has 6 nitrogen and oxygen atoms in total. The van der Waals surface area contributed by atoms with Crippen LogP contribution in [0.15, 0.2) is 22.9 Å². The molecule has 0 aliphatic carbocycles. The average molecular weight is 376 g/mol. The van der Waals surface area contributed by atoms with Gasteiger partial charge in [-0.15, -0.1) is 0 Å². The topological polar surface area (TPSA) is 79.4 Å². The van der Waals surface area contributed by atoms with Crippen LogP contribution >= 0.6 is 15.9 Å². The molecule has 1 amide bonds. The highest BCUT2D eigenvalue weighted by atomic mass is 79.9. The zero-order valence-corrected chi connectivity index (χ0v) is 14.2. The lowest BCUT2D eigenvalue weighted by molar-refractivity contribution is 0.0711. The number of likely N-dealkylation sites (tertiary alicyclic amines) is 1. The highest BCUT2D eigenvalue weighted by Crippen LogP contribution is 2.15. The first kappa shape index (κ1) is 16.4. The number of halogens is 1. The molecule has 0 unspecified atom stereocenters. The van der Waals surface area contributed by atoms with E-state index in [9.17, 15) is 13.2 Å². The molecule has 1 aliphatic heterocycles. The first-order chi connectivity index (χ1) is 9.91. The summed E-state index contributed by atoms with van der Waals surface area (Å²) in [5, 5.41) is 0. The number of sulfonamides is 1. The van der Waals surface area contributed by atoms with Crippen molar-refractivity contribution in [3.63, 3.8) is 0 Å². The van der Waals surface area contributed by atoms with Crippen molar-refractivity contribution in [2.24, 2.45) is 0 Å². The molecule has 1 aromatic rings. The number of nitrogens with zero attached hydrogens (tertiary/aromatic N) is 2. The highest BCUT2D eigenvalue weighted by Gasteiger charge is 2.25. The Morgan fingerprint density at radius 2 is 2.10 bits per heavy atom. The van der Waals surface area contributed by atoms with Crippen LogP contribution in [0.5, 0.6) is 0 Å². The lowest BCUT2D eigenvalue weighted by Crippen LogP contribution is -2.46. The Morgan fingerprint density at radius 1 is 1.43 bits per heavy atom. The number of nitrogens with one attached hydrogen (secondary N) is 1. The predicted octanol–water partition coefficient (Wildman–Crippen LogP) is 1.39. The quantitative estimate of drug-likeness (QED) is 0.806. The molecule has 0 saturated carbocycles. The lowest BCUT2D eigenvalue weighted by Gasteiger charge is -2.32. The molecule has 1 aromatic heterocycles. The number of carbonyl (C=O) groups excluding carboxylic acids is 1. The van der Waals surface area contributed by atoms with E-state index in [0.717, 1.165) is 0 Å². The second kappa shape index (κ2) is 6.85. The molecule has 8 heteroatoms. The molecule has 0 spiro atoms. The summed E-state index contributed by atoms with van der Waals surface area (Å²) >= 11 is 3.23. The van der Waals surface area contributed by atoms with Crippen molar-refractivity contribution in [1.82, 2.24) is 14.6 Å². The van der Waals surface area contributed by atoms with Gasteiger partial charge >= 0.3 is 0 Å². The van der Waals surface area contributed by atoms with Gasteiger partial charge < -0.3 is 4.90 Å². The SMILES string of the molecule is CCS(=O)(=O)NC1CCN(C(=O)c2ccc(Br)nc2)CC1. The minimum Gasteiger partial charge on any atom is -0.338 e. The van der Waals surface area contributed by atoms with Gasteiger partial charge in [-0.05, 0) is 47.8 Å². The van der Waals surface area contributed by atoms with E-state index < -0.39 is 10.0 Å². The minimum atomic E-state index is -3.18. The molecule has 0 aromatic carbocycles. The van der Waals surface area contributed by atoms with Gasteiger partial charge in [0.15, 0.2) is 0 Å². The van der Waals surface area contributed by atoms with E-state index in [2.05, 4.69) is 25.6 Å². The Hall–Kier alpha value is -0.990. The Balaban J connectivity index is 1.92. The second-order valence-electron chi connectivity index (χ2n) is 4.96.